The Morgan fingerprint density at radius 2 is 1.74 bits per heavy atom. The molecule has 0 amide bonds. The Hall–Kier alpha value is -1.40. The first-order valence-electron chi connectivity index (χ1n) is 5.77. The first-order chi connectivity index (χ1) is 8.57. The Bertz CT molecular complexity index is 563. The molecule has 0 radical (unpaired) electrons. The number of carboxylic acids is 1. The largest absolute Gasteiger partial charge is 0.481 e. The highest BCUT2D eigenvalue weighted by molar-refractivity contribution is 7.90. The van der Waals surface area contributed by atoms with Crippen LogP contribution in [0.3, 0.4) is 0 Å². The predicted molar refractivity (Wildman–Crippen MR) is 72.8 cm³/mol. The van der Waals surface area contributed by atoms with Gasteiger partial charge in [-0.2, -0.15) is 0 Å². The van der Waals surface area contributed by atoms with Gasteiger partial charge in [0.2, 0.25) is 0 Å². The van der Waals surface area contributed by atoms with Crippen LogP contribution in [0, 0.1) is 0 Å². The van der Waals surface area contributed by atoms with Gasteiger partial charge in [-0.25, -0.2) is 8.42 Å². The summed E-state index contributed by atoms with van der Waals surface area (Å²) in [5, 5.41) is 9.02. The lowest BCUT2D eigenvalue weighted by Crippen LogP contribution is -2.40. The number of rotatable bonds is 5. The Balaban J connectivity index is 3.23. The summed E-state index contributed by atoms with van der Waals surface area (Å²) >= 11 is 0. The third kappa shape index (κ3) is 3.54. The molecule has 1 unspecified atom stereocenters. The summed E-state index contributed by atoms with van der Waals surface area (Å²) < 4.78 is 22.8. The molecule has 0 fully saturated rings. The van der Waals surface area contributed by atoms with E-state index in [1.165, 1.54) is 12.1 Å². The molecule has 19 heavy (non-hydrogen) atoms. The first-order valence-corrected chi connectivity index (χ1v) is 7.66. The van der Waals surface area contributed by atoms with Crippen molar-refractivity contribution in [2.75, 3.05) is 20.4 Å². The van der Waals surface area contributed by atoms with Gasteiger partial charge in [0.1, 0.15) is 0 Å². The van der Waals surface area contributed by atoms with E-state index in [4.69, 9.17) is 5.11 Å². The highest BCUT2D eigenvalue weighted by Gasteiger charge is 2.32. The summed E-state index contributed by atoms with van der Waals surface area (Å²) in [5.41, 5.74) is 0.0919. The van der Waals surface area contributed by atoms with E-state index in [2.05, 4.69) is 0 Å². The molecule has 1 aromatic carbocycles. The van der Waals surface area contributed by atoms with Gasteiger partial charge in [-0.05, 0) is 38.7 Å². The van der Waals surface area contributed by atoms with Gasteiger partial charge in [0.05, 0.1) is 16.9 Å². The van der Waals surface area contributed by atoms with Crippen LogP contribution in [0.1, 0.15) is 18.9 Å². The average molecular weight is 285 g/mol. The van der Waals surface area contributed by atoms with Crippen LogP contribution in [0.5, 0.6) is 0 Å². The summed E-state index contributed by atoms with van der Waals surface area (Å²) in [4.78, 5) is 13.0. The van der Waals surface area contributed by atoms with Crippen molar-refractivity contribution < 1.29 is 18.3 Å². The zero-order valence-corrected chi connectivity index (χ0v) is 12.4. The van der Waals surface area contributed by atoms with Crippen LogP contribution in [0.25, 0.3) is 0 Å². The fourth-order valence-corrected chi connectivity index (χ4v) is 2.50. The number of carbonyl (C=O) groups is 1. The summed E-state index contributed by atoms with van der Waals surface area (Å²) in [5.74, 6) is -0.900. The van der Waals surface area contributed by atoms with E-state index in [1.807, 2.05) is 11.8 Å². The predicted octanol–water partition coefficient (Wildman–Crippen LogP) is 1.34. The van der Waals surface area contributed by atoms with E-state index >= 15 is 0 Å². The lowest BCUT2D eigenvalue weighted by atomic mass is 9.87. The van der Waals surface area contributed by atoms with Crippen LogP contribution in [-0.2, 0) is 20.2 Å². The summed E-state index contributed by atoms with van der Waals surface area (Å²) in [6.07, 6.45) is 1.09. The maximum absolute atomic E-state index is 11.4. The Morgan fingerprint density at radius 1 is 1.26 bits per heavy atom. The van der Waals surface area contributed by atoms with Gasteiger partial charge in [-0.1, -0.05) is 12.1 Å². The zero-order chi connectivity index (χ0) is 14.8. The molecule has 0 bridgehead atoms. The monoisotopic (exact) mass is 285 g/mol. The third-order valence-corrected chi connectivity index (χ3v) is 4.52. The van der Waals surface area contributed by atoms with Crippen molar-refractivity contribution in [3.8, 4) is 0 Å². The molecule has 5 nitrogen and oxygen atoms in total. The van der Waals surface area contributed by atoms with E-state index in [9.17, 15) is 13.2 Å². The number of aliphatic carboxylic acids is 1. The number of carboxylic acid groups (broad SMARTS) is 1. The van der Waals surface area contributed by atoms with Crippen LogP contribution >= 0.6 is 0 Å². The molecule has 0 aliphatic rings. The lowest BCUT2D eigenvalue weighted by molar-refractivity contribution is -0.140. The minimum Gasteiger partial charge on any atom is -0.481 e. The molecule has 1 atom stereocenters. The topological polar surface area (TPSA) is 74.7 Å². The molecular weight excluding hydrogens is 266 g/mol. The standard InChI is InChI=1S/C13H19NO4S/c1-13(14(2)3,9-12(15)16)10-5-7-11(8-6-10)19(4,17)18/h5-8H,9H2,1-4H3,(H,15,16). The van der Waals surface area contributed by atoms with Crippen molar-refractivity contribution >= 4 is 15.8 Å². The molecule has 106 valence electrons. The fourth-order valence-electron chi connectivity index (χ4n) is 1.87. The van der Waals surface area contributed by atoms with Crippen molar-refractivity contribution in [2.45, 2.75) is 23.8 Å². The molecular formula is C13H19NO4S. The van der Waals surface area contributed by atoms with Gasteiger partial charge >= 0.3 is 5.97 Å². The number of nitrogens with zero attached hydrogens (tertiary/aromatic N) is 1. The molecule has 0 saturated heterocycles. The highest BCUT2D eigenvalue weighted by Crippen LogP contribution is 2.30. The van der Waals surface area contributed by atoms with Gasteiger partial charge in [0, 0.05) is 6.26 Å². The zero-order valence-electron chi connectivity index (χ0n) is 11.5. The van der Waals surface area contributed by atoms with Gasteiger partial charge in [0.15, 0.2) is 9.84 Å². The second kappa shape index (κ2) is 5.30. The summed E-state index contributed by atoms with van der Waals surface area (Å²) in [6.45, 7) is 1.82. The van der Waals surface area contributed by atoms with Crippen molar-refractivity contribution in [2.24, 2.45) is 0 Å². The Morgan fingerprint density at radius 3 is 2.05 bits per heavy atom. The van der Waals surface area contributed by atoms with Crippen molar-refractivity contribution in [1.29, 1.82) is 0 Å². The molecule has 1 aromatic rings. The fraction of sp³-hybridized carbons (Fsp3) is 0.462. The minimum atomic E-state index is -3.24. The lowest BCUT2D eigenvalue weighted by Gasteiger charge is -2.35. The van der Waals surface area contributed by atoms with Crippen molar-refractivity contribution in [3.05, 3.63) is 29.8 Å². The van der Waals surface area contributed by atoms with Crippen LogP contribution in [0.15, 0.2) is 29.2 Å². The molecule has 0 heterocycles. The first kappa shape index (κ1) is 15.7. The molecule has 0 aromatic heterocycles. The number of benzene rings is 1. The maximum Gasteiger partial charge on any atom is 0.305 e. The molecule has 0 saturated carbocycles. The number of sulfone groups is 1. The van der Waals surface area contributed by atoms with Crippen LogP contribution in [0.4, 0.5) is 0 Å². The molecule has 1 N–H and O–H groups in total. The molecule has 0 spiro atoms. The summed E-state index contributed by atoms with van der Waals surface area (Å²) in [6, 6.07) is 6.35. The number of hydrogen-bond acceptors (Lipinski definition) is 4. The Kier molecular flexibility index (Phi) is 4.37. The van der Waals surface area contributed by atoms with Gasteiger partial charge < -0.3 is 5.11 Å². The van der Waals surface area contributed by atoms with Crippen LogP contribution in [0.2, 0.25) is 0 Å². The normalized spacial score (nSPS) is 15.2. The van der Waals surface area contributed by atoms with E-state index < -0.39 is 21.3 Å². The summed E-state index contributed by atoms with van der Waals surface area (Å²) in [7, 11) is 0.360. The van der Waals surface area contributed by atoms with Gasteiger partial charge in [0.25, 0.3) is 0 Å². The molecule has 6 heteroatoms. The van der Waals surface area contributed by atoms with Crippen molar-refractivity contribution in [1.82, 2.24) is 4.90 Å². The van der Waals surface area contributed by atoms with Crippen LogP contribution < -0.4 is 0 Å². The second-order valence-electron chi connectivity index (χ2n) is 5.04. The van der Waals surface area contributed by atoms with Crippen molar-refractivity contribution in [3.63, 3.8) is 0 Å². The molecule has 0 aliphatic heterocycles. The van der Waals surface area contributed by atoms with Gasteiger partial charge in [-0.3, -0.25) is 9.69 Å². The maximum atomic E-state index is 11.4. The molecule has 0 aliphatic carbocycles. The Labute approximate surface area is 113 Å². The van der Waals surface area contributed by atoms with E-state index in [0.29, 0.717) is 0 Å². The average Bonchev–Trinajstić information content (AvgIpc) is 2.26. The van der Waals surface area contributed by atoms with E-state index in [0.717, 1.165) is 11.8 Å². The van der Waals surface area contributed by atoms with E-state index in [1.54, 1.807) is 26.2 Å². The van der Waals surface area contributed by atoms with E-state index in [-0.39, 0.29) is 11.3 Å². The highest BCUT2D eigenvalue weighted by atomic mass is 32.2. The second-order valence-corrected chi connectivity index (χ2v) is 7.05. The van der Waals surface area contributed by atoms with Crippen LogP contribution in [-0.4, -0.2) is 44.7 Å². The third-order valence-electron chi connectivity index (χ3n) is 3.39. The smallest absolute Gasteiger partial charge is 0.305 e. The molecule has 1 rings (SSSR count). The van der Waals surface area contributed by atoms with Gasteiger partial charge in [-0.15, -0.1) is 0 Å². The quantitative estimate of drug-likeness (QED) is 0.883. The minimum absolute atomic E-state index is 0.0573. The number of hydrogen-bond donors (Lipinski definition) is 1. The SMILES string of the molecule is CN(C)C(C)(CC(=O)O)c1ccc(S(C)(=O)=O)cc1.